The summed E-state index contributed by atoms with van der Waals surface area (Å²) in [6.45, 7) is 2.08. The molecule has 0 aliphatic carbocycles. The highest BCUT2D eigenvalue weighted by atomic mass is 16.6. The summed E-state index contributed by atoms with van der Waals surface area (Å²) in [5, 5.41) is 4.57. The van der Waals surface area contributed by atoms with Crippen LogP contribution in [0.1, 0.15) is 29.1 Å². The minimum absolute atomic E-state index is 0.0308. The van der Waals surface area contributed by atoms with Gasteiger partial charge in [0.15, 0.2) is 0 Å². The van der Waals surface area contributed by atoms with Gasteiger partial charge in [0, 0.05) is 12.1 Å². The van der Waals surface area contributed by atoms with E-state index >= 15 is 0 Å². The second-order valence-electron chi connectivity index (χ2n) is 4.52. The number of benzene rings is 1. The maximum Gasteiger partial charge on any atom is 0.375 e. The Morgan fingerprint density at radius 1 is 1.13 bits per heavy atom. The van der Waals surface area contributed by atoms with E-state index in [1.807, 2.05) is 0 Å². The summed E-state index contributed by atoms with van der Waals surface area (Å²) in [5.74, 6) is -1.58. The van der Waals surface area contributed by atoms with Gasteiger partial charge in [-0.2, -0.15) is 0 Å². The number of furan rings is 1. The maximum atomic E-state index is 12.3. The number of rotatable bonds is 5. The highest BCUT2D eigenvalue weighted by Crippen LogP contribution is 2.19. The Bertz CT molecular complexity index is 667. The molecule has 1 atom stereocenters. The Hall–Kier alpha value is -3.09. The Kier molecular flexibility index (Phi) is 5.51. The van der Waals surface area contributed by atoms with E-state index in [-0.39, 0.29) is 5.76 Å². The van der Waals surface area contributed by atoms with Crippen LogP contribution in [0.25, 0.3) is 0 Å². The van der Waals surface area contributed by atoms with E-state index in [0.29, 0.717) is 12.1 Å². The van der Waals surface area contributed by atoms with Crippen LogP contribution in [0.15, 0.2) is 53.1 Å². The Morgan fingerprint density at radius 3 is 2.48 bits per heavy atom. The minimum Gasteiger partial charge on any atom is -0.457 e. The SMILES string of the molecule is CCNC(=O)NC(=O)[C@H](OC(=O)c1ccco1)c1ccccc1. The summed E-state index contributed by atoms with van der Waals surface area (Å²) < 4.78 is 10.1. The molecule has 1 aromatic carbocycles. The van der Waals surface area contributed by atoms with E-state index in [0.717, 1.165) is 0 Å². The number of urea groups is 1. The molecular weight excluding hydrogens is 300 g/mol. The zero-order chi connectivity index (χ0) is 16.7. The first-order valence-electron chi connectivity index (χ1n) is 7.00. The largest absolute Gasteiger partial charge is 0.457 e. The predicted molar refractivity (Wildman–Crippen MR) is 80.5 cm³/mol. The van der Waals surface area contributed by atoms with Crippen molar-refractivity contribution in [3.8, 4) is 0 Å². The molecular formula is C16H16N2O5. The average molecular weight is 316 g/mol. The van der Waals surface area contributed by atoms with E-state index in [4.69, 9.17) is 9.15 Å². The fourth-order valence-corrected chi connectivity index (χ4v) is 1.84. The molecule has 7 heteroatoms. The van der Waals surface area contributed by atoms with Crippen molar-refractivity contribution in [3.05, 3.63) is 60.1 Å². The molecule has 0 aliphatic heterocycles. The molecule has 0 saturated heterocycles. The van der Waals surface area contributed by atoms with Crippen LogP contribution in [0, 0.1) is 0 Å². The zero-order valence-electron chi connectivity index (χ0n) is 12.4. The second-order valence-corrected chi connectivity index (χ2v) is 4.52. The van der Waals surface area contributed by atoms with E-state index in [1.165, 1.54) is 18.4 Å². The summed E-state index contributed by atoms with van der Waals surface area (Å²) >= 11 is 0. The van der Waals surface area contributed by atoms with Crippen molar-refractivity contribution in [1.29, 1.82) is 0 Å². The third-order valence-electron chi connectivity index (χ3n) is 2.86. The Labute approximate surface area is 132 Å². The lowest BCUT2D eigenvalue weighted by Gasteiger charge is -2.17. The van der Waals surface area contributed by atoms with Gasteiger partial charge in [0.2, 0.25) is 11.9 Å². The molecule has 0 bridgehead atoms. The number of amides is 3. The molecule has 3 amide bonds. The molecule has 1 heterocycles. The number of hydrogen-bond acceptors (Lipinski definition) is 5. The monoisotopic (exact) mass is 316 g/mol. The number of nitrogens with one attached hydrogen (secondary N) is 2. The lowest BCUT2D eigenvalue weighted by molar-refractivity contribution is -0.129. The molecule has 1 aromatic heterocycles. The first-order valence-corrected chi connectivity index (χ1v) is 7.00. The highest BCUT2D eigenvalue weighted by Gasteiger charge is 2.27. The van der Waals surface area contributed by atoms with Gasteiger partial charge in [0.25, 0.3) is 5.91 Å². The fourth-order valence-electron chi connectivity index (χ4n) is 1.84. The molecule has 0 unspecified atom stereocenters. The Balaban J connectivity index is 2.17. The normalized spacial score (nSPS) is 11.3. The molecule has 2 N–H and O–H groups in total. The van der Waals surface area contributed by atoms with Crippen molar-refractivity contribution >= 4 is 17.9 Å². The van der Waals surface area contributed by atoms with Gasteiger partial charge >= 0.3 is 12.0 Å². The van der Waals surface area contributed by atoms with Crippen LogP contribution in [-0.4, -0.2) is 24.5 Å². The molecule has 7 nitrogen and oxygen atoms in total. The molecule has 0 saturated carbocycles. The summed E-state index contributed by atoms with van der Waals surface area (Å²) in [7, 11) is 0. The standard InChI is InChI=1S/C16H16N2O5/c1-2-17-16(21)18-14(19)13(11-7-4-3-5-8-11)23-15(20)12-9-6-10-22-12/h3-10,13H,2H2,1H3,(H2,17,18,19,21)/t13-/m1/s1. The lowest BCUT2D eigenvalue weighted by atomic mass is 10.1. The predicted octanol–water partition coefficient (Wildman–Crippen LogP) is 2.02. The van der Waals surface area contributed by atoms with Crippen LogP contribution in [0.5, 0.6) is 0 Å². The number of carbonyl (C=O) groups is 3. The smallest absolute Gasteiger partial charge is 0.375 e. The molecule has 120 valence electrons. The Morgan fingerprint density at radius 2 is 1.87 bits per heavy atom. The van der Waals surface area contributed by atoms with Crippen molar-refractivity contribution in [3.63, 3.8) is 0 Å². The van der Waals surface area contributed by atoms with E-state index < -0.39 is 24.0 Å². The van der Waals surface area contributed by atoms with E-state index in [9.17, 15) is 14.4 Å². The minimum atomic E-state index is -1.27. The number of carbonyl (C=O) groups excluding carboxylic acids is 3. The molecule has 23 heavy (non-hydrogen) atoms. The van der Waals surface area contributed by atoms with Crippen LogP contribution in [0.2, 0.25) is 0 Å². The average Bonchev–Trinajstić information content (AvgIpc) is 3.07. The first-order chi connectivity index (χ1) is 11.1. The zero-order valence-corrected chi connectivity index (χ0v) is 12.4. The van der Waals surface area contributed by atoms with Gasteiger partial charge in [-0.15, -0.1) is 0 Å². The molecule has 0 spiro atoms. The van der Waals surface area contributed by atoms with Crippen molar-refractivity contribution in [2.24, 2.45) is 0 Å². The third kappa shape index (κ3) is 4.44. The van der Waals surface area contributed by atoms with Crippen LogP contribution < -0.4 is 10.6 Å². The quantitative estimate of drug-likeness (QED) is 0.822. The van der Waals surface area contributed by atoms with Gasteiger partial charge in [-0.3, -0.25) is 10.1 Å². The summed E-state index contributed by atoms with van der Waals surface area (Å²) in [6, 6.07) is 10.7. The van der Waals surface area contributed by atoms with Gasteiger partial charge in [0.05, 0.1) is 6.26 Å². The topological polar surface area (TPSA) is 97.6 Å². The first kappa shape index (κ1) is 16.3. The number of hydrogen-bond donors (Lipinski definition) is 2. The molecule has 2 aromatic rings. The van der Waals surface area contributed by atoms with Crippen LogP contribution >= 0.6 is 0 Å². The van der Waals surface area contributed by atoms with Crippen LogP contribution in [0.3, 0.4) is 0 Å². The highest BCUT2D eigenvalue weighted by molar-refractivity contribution is 5.98. The summed E-state index contributed by atoms with van der Waals surface area (Å²) in [6.07, 6.45) is 0.0551. The van der Waals surface area contributed by atoms with Gasteiger partial charge < -0.3 is 14.5 Å². The van der Waals surface area contributed by atoms with Crippen molar-refractivity contribution < 1.29 is 23.5 Å². The molecule has 0 fully saturated rings. The molecule has 0 radical (unpaired) electrons. The summed E-state index contributed by atoms with van der Waals surface area (Å²) in [5.41, 5.74) is 0.439. The van der Waals surface area contributed by atoms with Crippen molar-refractivity contribution in [2.45, 2.75) is 13.0 Å². The molecule has 0 aliphatic rings. The van der Waals surface area contributed by atoms with Gasteiger partial charge in [-0.05, 0) is 19.1 Å². The van der Waals surface area contributed by atoms with Crippen LogP contribution in [-0.2, 0) is 9.53 Å². The van der Waals surface area contributed by atoms with Crippen molar-refractivity contribution in [2.75, 3.05) is 6.54 Å². The number of imide groups is 1. The fraction of sp³-hybridized carbons (Fsp3) is 0.188. The van der Waals surface area contributed by atoms with Gasteiger partial charge in [0.1, 0.15) is 0 Å². The summed E-state index contributed by atoms with van der Waals surface area (Å²) in [4.78, 5) is 35.8. The number of esters is 1. The lowest BCUT2D eigenvalue weighted by Crippen LogP contribution is -2.42. The van der Waals surface area contributed by atoms with E-state index in [1.54, 1.807) is 37.3 Å². The van der Waals surface area contributed by atoms with Gasteiger partial charge in [-0.1, -0.05) is 30.3 Å². The maximum absolute atomic E-state index is 12.3. The molecule has 2 rings (SSSR count). The number of ether oxygens (including phenoxy) is 1. The van der Waals surface area contributed by atoms with E-state index in [2.05, 4.69) is 10.6 Å². The third-order valence-corrected chi connectivity index (χ3v) is 2.86. The second kappa shape index (κ2) is 7.79. The van der Waals surface area contributed by atoms with Crippen LogP contribution in [0.4, 0.5) is 4.79 Å². The van der Waals surface area contributed by atoms with Gasteiger partial charge in [-0.25, -0.2) is 9.59 Å². The van der Waals surface area contributed by atoms with Crippen molar-refractivity contribution in [1.82, 2.24) is 10.6 Å².